The van der Waals surface area contributed by atoms with E-state index >= 15 is 0 Å². The van der Waals surface area contributed by atoms with Crippen LogP contribution in [-0.4, -0.2) is 38.7 Å². The summed E-state index contributed by atoms with van der Waals surface area (Å²) in [7, 11) is 5.88. The molecule has 0 saturated carbocycles. The van der Waals surface area contributed by atoms with Crippen molar-refractivity contribution in [2.75, 3.05) is 14.1 Å². The third kappa shape index (κ3) is 2.88. The third-order valence-corrected chi connectivity index (χ3v) is 3.64. The maximum absolute atomic E-state index is 5.92. The van der Waals surface area contributed by atoms with Crippen LogP contribution in [-0.2, 0) is 13.6 Å². The third-order valence-electron chi connectivity index (χ3n) is 3.29. The number of rotatable bonds is 4. The molecule has 0 unspecified atom stereocenters. The minimum absolute atomic E-state index is 0.378. The molecule has 7 heteroatoms. The Kier molecular flexibility index (Phi) is 3.96. The van der Waals surface area contributed by atoms with Gasteiger partial charge in [0.25, 0.3) is 5.89 Å². The van der Waals surface area contributed by atoms with Crippen LogP contribution in [0.15, 0.2) is 35.0 Å². The Morgan fingerprint density at radius 2 is 1.95 bits per heavy atom. The van der Waals surface area contributed by atoms with Crippen molar-refractivity contribution in [3.8, 4) is 23.0 Å². The van der Waals surface area contributed by atoms with Gasteiger partial charge in [0, 0.05) is 19.2 Å². The second-order valence-electron chi connectivity index (χ2n) is 5.33. The Labute approximate surface area is 133 Å². The Morgan fingerprint density at radius 3 is 2.55 bits per heavy atom. The summed E-state index contributed by atoms with van der Waals surface area (Å²) in [6.07, 6.45) is 1.61. The van der Waals surface area contributed by atoms with Crippen LogP contribution in [0.5, 0.6) is 0 Å². The number of halogens is 1. The molecule has 0 fully saturated rings. The van der Waals surface area contributed by atoms with Crippen LogP contribution < -0.4 is 0 Å². The highest BCUT2D eigenvalue weighted by atomic mass is 35.5. The SMILES string of the molecule is CN(C)Cc1ccc(-c2noc(-c3cnc(Cl)n3C)n2)cc1. The van der Waals surface area contributed by atoms with Crippen LogP contribution in [0.25, 0.3) is 23.0 Å². The van der Waals surface area contributed by atoms with Gasteiger partial charge in [-0.15, -0.1) is 0 Å². The molecule has 0 aliphatic heterocycles. The van der Waals surface area contributed by atoms with Crippen molar-refractivity contribution in [3.05, 3.63) is 41.3 Å². The van der Waals surface area contributed by atoms with Crippen LogP contribution >= 0.6 is 11.6 Å². The molecule has 0 bridgehead atoms. The lowest BCUT2D eigenvalue weighted by Gasteiger charge is -2.09. The van der Waals surface area contributed by atoms with Crippen molar-refractivity contribution < 1.29 is 4.52 Å². The second-order valence-corrected chi connectivity index (χ2v) is 5.67. The van der Waals surface area contributed by atoms with Gasteiger partial charge in [0.15, 0.2) is 0 Å². The lowest BCUT2D eigenvalue weighted by Crippen LogP contribution is -2.10. The number of hydrogen-bond acceptors (Lipinski definition) is 5. The molecule has 22 heavy (non-hydrogen) atoms. The summed E-state index contributed by atoms with van der Waals surface area (Å²) in [5.74, 6) is 0.943. The molecule has 0 atom stereocenters. The van der Waals surface area contributed by atoms with Crippen molar-refractivity contribution in [2.45, 2.75) is 6.54 Å². The van der Waals surface area contributed by atoms with Gasteiger partial charge in [0.1, 0.15) is 5.69 Å². The quantitative estimate of drug-likeness (QED) is 0.740. The van der Waals surface area contributed by atoms with E-state index in [-0.39, 0.29) is 0 Å². The molecular weight excluding hydrogens is 302 g/mol. The van der Waals surface area contributed by atoms with E-state index in [1.54, 1.807) is 17.8 Å². The van der Waals surface area contributed by atoms with Crippen molar-refractivity contribution >= 4 is 11.6 Å². The van der Waals surface area contributed by atoms with Gasteiger partial charge in [-0.2, -0.15) is 4.98 Å². The second kappa shape index (κ2) is 5.90. The highest BCUT2D eigenvalue weighted by Gasteiger charge is 2.15. The maximum Gasteiger partial charge on any atom is 0.276 e. The average molecular weight is 318 g/mol. The fourth-order valence-corrected chi connectivity index (χ4v) is 2.29. The summed E-state index contributed by atoms with van der Waals surface area (Å²) in [6.45, 7) is 0.894. The standard InChI is InChI=1S/C15H16ClN5O/c1-20(2)9-10-4-6-11(7-5-10)13-18-14(22-19-13)12-8-17-15(16)21(12)3/h4-8H,9H2,1-3H3. The molecule has 1 aromatic carbocycles. The molecule has 3 rings (SSSR count). The molecule has 0 amide bonds. The number of hydrogen-bond donors (Lipinski definition) is 0. The van der Waals surface area contributed by atoms with Crippen molar-refractivity contribution in [2.24, 2.45) is 7.05 Å². The Morgan fingerprint density at radius 1 is 1.23 bits per heavy atom. The molecule has 0 aliphatic carbocycles. The van der Waals surface area contributed by atoms with E-state index in [2.05, 4.69) is 32.2 Å². The number of benzene rings is 1. The molecule has 0 radical (unpaired) electrons. The summed E-state index contributed by atoms with van der Waals surface area (Å²) in [6, 6.07) is 8.10. The number of aromatic nitrogens is 4. The highest BCUT2D eigenvalue weighted by molar-refractivity contribution is 6.28. The highest BCUT2D eigenvalue weighted by Crippen LogP contribution is 2.24. The molecule has 0 aliphatic rings. The molecule has 0 spiro atoms. The first-order chi connectivity index (χ1) is 10.5. The smallest absolute Gasteiger partial charge is 0.276 e. The Hall–Kier alpha value is -2.18. The summed E-state index contributed by atoms with van der Waals surface area (Å²) in [5.41, 5.74) is 2.83. The summed E-state index contributed by atoms with van der Waals surface area (Å²) >= 11 is 5.92. The van der Waals surface area contributed by atoms with Crippen LogP contribution in [0.4, 0.5) is 0 Å². The van der Waals surface area contributed by atoms with E-state index in [1.807, 2.05) is 26.2 Å². The van der Waals surface area contributed by atoms with Gasteiger partial charge in [-0.1, -0.05) is 29.4 Å². The predicted octanol–water partition coefficient (Wildman–Crippen LogP) is 2.85. The van der Waals surface area contributed by atoms with E-state index in [0.29, 0.717) is 22.7 Å². The van der Waals surface area contributed by atoms with Gasteiger partial charge < -0.3 is 14.0 Å². The normalized spacial score (nSPS) is 11.3. The summed E-state index contributed by atoms with van der Waals surface area (Å²) < 4.78 is 7.00. The molecule has 3 aromatic rings. The van der Waals surface area contributed by atoms with E-state index in [4.69, 9.17) is 16.1 Å². The molecule has 2 heterocycles. The summed E-state index contributed by atoms with van der Waals surface area (Å²) in [4.78, 5) is 10.5. The van der Waals surface area contributed by atoms with Gasteiger partial charge in [-0.3, -0.25) is 0 Å². The first kappa shape index (κ1) is 14.7. The lowest BCUT2D eigenvalue weighted by molar-refractivity contribution is 0.402. The molecule has 114 valence electrons. The molecule has 0 saturated heterocycles. The Balaban J connectivity index is 1.86. The van der Waals surface area contributed by atoms with Crippen molar-refractivity contribution in [1.82, 2.24) is 24.6 Å². The van der Waals surface area contributed by atoms with E-state index in [1.165, 1.54) is 5.56 Å². The van der Waals surface area contributed by atoms with Gasteiger partial charge in [-0.25, -0.2) is 4.98 Å². The molecular formula is C15H16ClN5O. The van der Waals surface area contributed by atoms with E-state index in [0.717, 1.165) is 12.1 Å². The topological polar surface area (TPSA) is 60.0 Å². The van der Waals surface area contributed by atoms with Crippen LogP contribution in [0, 0.1) is 0 Å². The largest absolute Gasteiger partial charge is 0.332 e. The zero-order valence-corrected chi connectivity index (χ0v) is 13.4. The van der Waals surface area contributed by atoms with Gasteiger partial charge in [-0.05, 0) is 31.3 Å². The predicted molar refractivity (Wildman–Crippen MR) is 84.3 cm³/mol. The number of nitrogens with zero attached hydrogens (tertiary/aromatic N) is 5. The number of imidazole rings is 1. The van der Waals surface area contributed by atoms with Crippen LogP contribution in [0.3, 0.4) is 0 Å². The fourth-order valence-electron chi connectivity index (χ4n) is 2.15. The van der Waals surface area contributed by atoms with Gasteiger partial charge >= 0.3 is 0 Å². The van der Waals surface area contributed by atoms with E-state index in [9.17, 15) is 0 Å². The minimum Gasteiger partial charge on any atom is -0.332 e. The van der Waals surface area contributed by atoms with Crippen LogP contribution in [0.1, 0.15) is 5.56 Å². The minimum atomic E-state index is 0.378. The molecule has 2 aromatic heterocycles. The van der Waals surface area contributed by atoms with Crippen molar-refractivity contribution in [3.63, 3.8) is 0 Å². The average Bonchev–Trinajstić information content (AvgIpc) is 3.08. The van der Waals surface area contributed by atoms with Crippen LogP contribution in [0.2, 0.25) is 5.28 Å². The maximum atomic E-state index is 5.92. The summed E-state index contributed by atoms with van der Waals surface area (Å²) in [5, 5.41) is 4.40. The molecule has 0 N–H and O–H groups in total. The zero-order chi connectivity index (χ0) is 15.7. The lowest BCUT2D eigenvalue weighted by atomic mass is 10.1. The fraction of sp³-hybridized carbons (Fsp3) is 0.267. The monoisotopic (exact) mass is 317 g/mol. The van der Waals surface area contributed by atoms with Gasteiger partial charge in [0.05, 0.1) is 6.20 Å². The molecule has 6 nitrogen and oxygen atoms in total. The first-order valence-electron chi connectivity index (χ1n) is 6.80. The van der Waals surface area contributed by atoms with Crippen molar-refractivity contribution in [1.29, 1.82) is 0 Å². The first-order valence-corrected chi connectivity index (χ1v) is 7.17. The zero-order valence-electron chi connectivity index (χ0n) is 12.6. The Bertz CT molecular complexity index is 776. The van der Waals surface area contributed by atoms with Gasteiger partial charge in [0.2, 0.25) is 11.1 Å². The van der Waals surface area contributed by atoms with E-state index < -0.39 is 0 Å².